The predicted octanol–water partition coefficient (Wildman–Crippen LogP) is 8.93. The summed E-state index contributed by atoms with van der Waals surface area (Å²) in [6, 6.07) is 40.1. The second-order valence-corrected chi connectivity index (χ2v) is 9.65. The molecule has 0 saturated heterocycles. The van der Waals surface area contributed by atoms with Gasteiger partial charge in [-0.05, 0) is 39.7 Å². The molecule has 0 radical (unpaired) electrons. The zero-order valence-electron chi connectivity index (χ0n) is 20.3. The highest BCUT2D eigenvalue weighted by Gasteiger charge is 2.20. The Bertz CT molecular complexity index is 2250. The SMILES string of the molecule is N#Cc1c2ccccc2c(-c2nc3ccccc3c3c2ccc2ccc4ncccc4c23)c2ccccc12. The van der Waals surface area contributed by atoms with Crippen molar-refractivity contribution in [2.45, 2.75) is 0 Å². The van der Waals surface area contributed by atoms with Crippen LogP contribution in [0.5, 0.6) is 0 Å². The molecule has 174 valence electrons. The minimum absolute atomic E-state index is 0.701. The van der Waals surface area contributed by atoms with Gasteiger partial charge in [-0.2, -0.15) is 5.26 Å². The predicted molar refractivity (Wildman–Crippen MR) is 157 cm³/mol. The van der Waals surface area contributed by atoms with Crippen LogP contribution in [0.25, 0.3) is 76.2 Å². The average molecular weight is 482 g/mol. The minimum Gasteiger partial charge on any atom is -0.256 e. The van der Waals surface area contributed by atoms with Crippen LogP contribution < -0.4 is 0 Å². The number of pyridine rings is 2. The van der Waals surface area contributed by atoms with Crippen molar-refractivity contribution < 1.29 is 0 Å². The molecule has 0 atom stereocenters. The topological polar surface area (TPSA) is 49.6 Å². The van der Waals surface area contributed by atoms with Crippen LogP contribution in [0, 0.1) is 11.3 Å². The maximum atomic E-state index is 10.2. The van der Waals surface area contributed by atoms with Gasteiger partial charge >= 0.3 is 0 Å². The highest BCUT2D eigenvalue weighted by Crippen LogP contribution is 2.44. The van der Waals surface area contributed by atoms with Gasteiger partial charge in [0.05, 0.1) is 22.3 Å². The summed E-state index contributed by atoms with van der Waals surface area (Å²) >= 11 is 0. The van der Waals surface area contributed by atoms with E-state index in [9.17, 15) is 5.26 Å². The van der Waals surface area contributed by atoms with Crippen LogP contribution >= 0.6 is 0 Å². The quantitative estimate of drug-likeness (QED) is 0.174. The second kappa shape index (κ2) is 7.83. The highest BCUT2D eigenvalue weighted by molar-refractivity contribution is 6.30. The van der Waals surface area contributed by atoms with Gasteiger partial charge in [-0.15, -0.1) is 0 Å². The van der Waals surface area contributed by atoms with Crippen molar-refractivity contribution in [1.29, 1.82) is 5.26 Å². The zero-order valence-corrected chi connectivity index (χ0v) is 20.3. The standard InChI is InChI=1S/C35H19N3/c36-20-29-22-8-1-3-10-24(22)34(25-11-4-2-9-23(25)29)35-28-17-15-21-16-18-30-26(13-7-19-37-30)32(21)33(28)27-12-5-6-14-31(27)38-35/h1-19H. The number of nitriles is 1. The Morgan fingerprint density at radius 3 is 1.84 bits per heavy atom. The third-order valence-corrected chi connectivity index (χ3v) is 7.71. The van der Waals surface area contributed by atoms with Crippen LogP contribution in [0.3, 0.4) is 0 Å². The van der Waals surface area contributed by atoms with Crippen molar-refractivity contribution in [2.75, 3.05) is 0 Å². The normalized spacial score (nSPS) is 11.7. The Morgan fingerprint density at radius 1 is 0.500 bits per heavy atom. The first kappa shape index (κ1) is 20.8. The first-order valence-corrected chi connectivity index (χ1v) is 12.7. The molecule has 0 aliphatic heterocycles. The molecule has 0 aliphatic carbocycles. The summed E-state index contributed by atoms with van der Waals surface area (Å²) in [6.07, 6.45) is 1.85. The summed E-state index contributed by atoms with van der Waals surface area (Å²) in [5.41, 5.74) is 4.61. The summed E-state index contributed by atoms with van der Waals surface area (Å²) in [7, 11) is 0. The van der Waals surface area contributed by atoms with E-state index in [0.29, 0.717) is 5.56 Å². The number of fused-ring (bicyclic) bond motifs is 9. The fourth-order valence-electron chi connectivity index (χ4n) is 6.11. The van der Waals surface area contributed by atoms with Crippen molar-refractivity contribution in [3.05, 3.63) is 121 Å². The lowest BCUT2D eigenvalue weighted by molar-refractivity contribution is 1.42. The number of benzene rings is 6. The number of hydrogen-bond acceptors (Lipinski definition) is 3. The fourth-order valence-corrected chi connectivity index (χ4v) is 6.11. The molecular weight excluding hydrogens is 462 g/mol. The van der Waals surface area contributed by atoms with Gasteiger partial charge in [-0.3, -0.25) is 4.98 Å². The largest absolute Gasteiger partial charge is 0.256 e. The van der Waals surface area contributed by atoms with Crippen LogP contribution in [0.1, 0.15) is 5.56 Å². The summed E-state index contributed by atoms with van der Waals surface area (Å²) in [4.78, 5) is 9.97. The van der Waals surface area contributed by atoms with Crippen LogP contribution in [0.15, 0.2) is 115 Å². The van der Waals surface area contributed by atoms with Crippen LogP contribution in [0.2, 0.25) is 0 Å². The van der Waals surface area contributed by atoms with E-state index >= 15 is 0 Å². The van der Waals surface area contributed by atoms with Gasteiger partial charge in [0, 0.05) is 44.1 Å². The third kappa shape index (κ3) is 2.77. The first-order chi connectivity index (χ1) is 18.8. The third-order valence-electron chi connectivity index (χ3n) is 7.71. The molecule has 0 N–H and O–H groups in total. The van der Waals surface area contributed by atoms with Gasteiger partial charge in [0.2, 0.25) is 0 Å². The lowest BCUT2D eigenvalue weighted by Crippen LogP contribution is -1.95. The molecule has 38 heavy (non-hydrogen) atoms. The average Bonchev–Trinajstić information content (AvgIpc) is 2.99. The summed E-state index contributed by atoms with van der Waals surface area (Å²) in [5, 5.41) is 21.0. The Labute approximate surface area is 218 Å². The Kier molecular flexibility index (Phi) is 4.29. The van der Waals surface area contributed by atoms with E-state index in [1.165, 1.54) is 16.2 Å². The van der Waals surface area contributed by atoms with E-state index in [1.807, 2.05) is 54.7 Å². The lowest BCUT2D eigenvalue weighted by atomic mass is 9.87. The van der Waals surface area contributed by atoms with Gasteiger partial charge < -0.3 is 0 Å². The number of rotatable bonds is 1. The molecule has 0 aliphatic rings. The summed E-state index contributed by atoms with van der Waals surface area (Å²) in [6.45, 7) is 0. The molecule has 2 heterocycles. The molecule has 0 bridgehead atoms. The molecule has 0 fully saturated rings. The maximum Gasteiger partial charge on any atom is 0.100 e. The molecule has 8 aromatic rings. The Hall–Kier alpha value is -5.33. The van der Waals surface area contributed by atoms with E-state index in [4.69, 9.17) is 4.98 Å². The van der Waals surface area contributed by atoms with Crippen molar-refractivity contribution in [3.8, 4) is 17.3 Å². The summed E-state index contributed by atoms with van der Waals surface area (Å²) < 4.78 is 0. The number of hydrogen-bond donors (Lipinski definition) is 0. The molecule has 0 saturated carbocycles. The smallest absolute Gasteiger partial charge is 0.100 e. The number of aromatic nitrogens is 2. The van der Waals surface area contributed by atoms with Gasteiger partial charge in [-0.1, -0.05) is 91.0 Å². The van der Waals surface area contributed by atoms with Crippen LogP contribution in [0.4, 0.5) is 0 Å². The van der Waals surface area contributed by atoms with Gasteiger partial charge in [0.15, 0.2) is 0 Å². The zero-order chi connectivity index (χ0) is 25.2. The fraction of sp³-hybridized carbons (Fsp3) is 0. The molecular formula is C35H19N3. The van der Waals surface area contributed by atoms with Crippen LogP contribution in [-0.2, 0) is 0 Å². The monoisotopic (exact) mass is 481 g/mol. The van der Waals surface area contributed by atoms with Gasteiger partial charge in [0.1, 0.15) is 6.07 Å². The first-order valence-electron chi connectivity index (χ1n) is 12.7. The molecule has 3 heteroatoms. The molecule has 8 rings (SSSR count). The van der Waals surface area contributed by atoms with E-state index in [1.54, 1.807) is 0 Å². The molecule has 3 nitrogen and oxygen atoms in total. The van der Waals surface area contributed by atoms with Crippen molar-refractivity contribution in [3.63, 3.8) is 0 Å². The Balaban J connectivity index is 1.68. The number of para-hydroxylation sites is 1. The van der Waals surface area contributed by atoms with Crippen molar-refractivity contribution in [1.82, 2.24) is 9.97 Å². The maximum absolute atomic E-state index is 10.2. The molecule has 6 aromatic carbocycles. The second-order valence-electron chi connectivity index (χ2n) is 9.65. The van der Waals surface area contributed by atoms with Crippen molar-refractivity contribution >= 4 is 64.9 Å². The molecule has 0 spiro atoms. The highest BCUT2D eigenvalue weighted by atomic mass is 14.7. The van der Waals surface area contributed by atoms with E-state index in [0.717, 1.165) is 60.0 Å². The van der Waals surface area contributed by atoms with Crippen LogP contribution in [-0.4, -0.2) is 9.97 Å². The van der Waals surface area contributed by atoms with E-state index in [2.05, 4.69) is 71.7 Å². The molecule has 0 unspecified atom stereocenters. The lowest BCUT2D eigenvalue weighted by Gasteiger charge is -2.17. The van der Waals surface area contributed by atoms with Gasteiger partial charge in [-0.25, -0.2) is 4.98 Å². The number of nitrogens with zero attached hydrogens (tertiary/aromatic N) is 3. The van der Waals surface area contributed by atoms with Crippen molar-refractivity contribution in [2.24, 2.45) is 0 Å². The Morgan fingerprint density at radius 2 is 1.11 bits per heavy atom. The summed E-state index contributed by atoms with van der Waals surface area (Å²) in [5.74, 6) is 0. The minimum atomic E-state index is 0.701. The molecule has 0 amide bonds. The van der Waals surface area contributed by atoms with Gasteiger partial charge in [0.25, 0.3) is 0 Å². The van der Waals surface area contributed by atoms with E-state index < -0.39 is 0 Å². The molecule has 2 aromatic heterocycles. The van der Waals surface area contributed by atoms with E-state index in [-0.39, 0.29) is 0 Å².